The molecule has 1 heterocycles. The highest BCUT2D eigenvalue weighted by molar-refractivity contribution is 7.11. The van der Waals surface area contributed by atoms with Gasteiger partial charge in [0.05, 0.1) is 6.10 Å². The zero-order chi connectivity index (χ0) is 12.5. The smallest absolute Gasteiger partial charge is 0.107 e. The first-order chi connectivity index (χ1) is 8.04. The van der Waals surface area contributed by atoms with Crippen molar-refractivity contribution in [2.24, 2.45) is 5.41 Å². The number of aryl methyl sites for hydroxylation is 1. The Morgan fingerprint density at radius 3 is 2.88 bits per heavy atom. The van der Waals surface area contributed by atoms with Gasteiger partial charge in [-0.15, -0.1) is 11.3 Å². The van der Waals surface area contributed by atoms with Gasteiger partial charge in [-0.1, -0.05) is 13.8 Å². The Hall–Kier alpha value is -0.450. The van der Waals surface area contributed by atoms with Crippen LogP contribution in [0.4, 0.5) is 0 Å². The molecule has 1 N–H and O–H groups in total. The van der Waals surface area contributed by atoms with Gasteiger partial charge in [0.1, 0.15) is 5.01 Å². The van der Waals surface area contributed by atoms with Crippen LogP contribution < -0.4 is 5.32 Å². The third-order valence-electron chi connectivity index (χ3n) is 3.71. The predicted molar refractivity (Wildman–Crippen MR) is 71.3 cm³/mol. The van der Waals surface area contributed by atoms with Crippen LogP contribution in [-0.2, 0) is 11.3 Å². The van der Waals surface area contributed by atoms with Crippen molar-refractivity contribution in [1.82, 2.24) is 10.3 Å². The molecule has 1 aromatic rings. The molecule has 1 fully saturated rings. The van der Waals surface area contributed by atoms with Crippen molar-refractivity contribution in [3.05, 3.63) is 16.1 Å². The molecule has 4 heteroatoms. The Morgan fingerprint density at radius 1 is 1.59 bits per heavy atom. The molecule has 0 aliphatic heterocycles. The molecule has 2 rings (SSSR count). The minimum atomic E-state index is 0.238. The lowest BCUT2D eigenvalue weighted by atomic mass is 9.64. The molecule has 0 bridgehead atoms. The summed E-state index contributed by atoms with van der Waals surface area (Å²) in [6.45, 7) is 10.4. The molecule has 1 aromatic heterocycles. The van der Waals surface area contributed by atoms with E-state index in [0.29, 0.717) is 12.1 Å². The van der Waals surface area contributed by atoms with Gasteiger partial charge in [-0.2, -0.15) is 0 Å². The third kappa shape index (κ3) is 2.69. The quantitative estimate of drug-likeness (QED) is 0.877. The minimum absolute atomic E-state index is 0.238. The molecular weight excluding hydrogens is 232 g/mol. The highest BCUT2D eigenvalue weighted by atomic mass is 32.1. The zero-order valence-corrected chi connectivity index (χ0v) is 11.9. The normalized spacial score (nSPS) is 26.8. The van der Waals surface area contributed by atoms with E-state index in [-0.39, 0.29) is 5.41 Å². The van der Waals surface area contributed by atoms with Crippen molar-refractivity contribution in [2.45, 2.75) is 52.8 Å². The minimum Gasteiger partial charge on any atom is -0.378 e. The van der Waals surface area contributed by atoms with Crippen LogP contribution in [0.1, 0.15) is 37.1 Å². The van der Waals surface area contributed by atoms with Crippen molar-refractivity contribution in [2.75, 3.05) is 6.61 Å². The average Bonchev–Trinajstić information content (AvgIpc) is 2.68. The maximum absolute atomic E-state index is 5.73. The fourth-order valence-corrected chi connectivity index (χ4v) is 3.15. The summed E-state index contributed by atoms with van der Waals surface area (Å²) in [6, 6.07) is 0.545. The highest BCUT2D eigenvalue weighted by Gasteiger charge is 2.48. The van der Waals surface area contributed by atoms with Crippen LogP contribution in [0.15, 0.2) is 6.20 Å². The van der Waals surface area contributed by atoms with Crippen molar-refractivity contribution >= 4 is 11.3 Å². The molecule has 1 aliphatic rings. The molecule has 2 atom stereocenters. The Labute approximate surface area is 108 Å². The second-order valence-electron chi connectivity index (χ2n) is 5.30. The van der Waals surface area contributed by atoms with Crippen molar-refractivity contribution in [1.29, 1.82) is 0 Å². The van der Waals surface area contributed by atoms with Gasteiger partial charge in [-0.3, -0.25) is 0 Å². The first-order valence-electron chi connectivity index (χ1n) is 6.30. The summed E-state index contributed by atoms with van der Waals surface area (Å²) in [5.41, 5.74) is 0.238. The molecule has 0 aromatic carbocycles. The van der Waals surface area contributed by atoms with Crippen molar-refractivity contribution in [3.63, 3.8) is 0 Å². The van der Waals surface area contributed by atoms with E-state index in [4.69, 9.17) is 4.74 Å². The number of thiazole rings is 1. The van der Waals surface area contributed by atoms with Crippen LogP contribution in [0.25, 0.3) is 0 Å². The molecular formula is C13H22N2OS. The van der Waals surface area contributed by atoms with Gasteiger partial charge in [0.25, 0.3) is 0 Å². The largest absolute Gasteiger partial charge is 0.378 e. The summed E-state index contributed by atoms with van der Waals surface area (Å²) in [7, 11) is 0. The van der Waals surface area contributed by atoms with E-state index in [1.165, 1.54) is 9.88 Å². The molecule has 2 unspecified atom stereocenters. The zero-order valence-electron chi connectivity index (χ0n) is 11.1. The molecule has 3 nitrogen and oxygen atoms in total. The maximum atomic E-state index is 5.73. The lowest BCUT2D eigenvalue weighted by molar-refractivity contribution is -0.114. The second-order valence-corrected chi connectivity index (χ2v) is 6.62. The monoisotopic (exact) mass is 254 g/mol. The van der Waals surface area contributed by atoms with Crippen molar-refractivity contribution < 1.29 is 4.74 Å². The summed E-state index contributed by atoms with van der Waals surface area (Å²) in [5, 5.41) is 4.77. The van der Waals surface area contributed by atoms with Crippen LogP contribution in [0, 0.1) is 12.3 Å². The number of nitrogens with zero attached hydrogens (tertiary/aromatic N) is 1. The summed E-state index contributed by atoms with van der Waals surface area (Å²) >= 11 is 1.77. The molecule has 0 amide bonds. The fraction of sp³-hybridized carbons (Fsp3) is 0.769. The lowest BCUT2D eigenvalue weighted by Gasteiger charge is -2.51. The standard InChI is InChI=1S/C13H22N2OS/c1-5-16-11-6-10(13(11,3)4)14-8-12-15-7-9(2)17-12/h7,10-11,14H,5-6,8H2,1-4H3. The lowest BCUT2D eigenvalue weighted by Crippen LogP contribution is -2.60. The fourth-order valence-electron chi connectivity index (χ4n) is 2.41. The van der Waals surface area contributed by atoms with E-state index in [9.17, 15) is 0 Å². The predicted octanol–water partition coefficient (Wildman–Crippen LogP) is 2.74. The summed E-state index contributed by atoms with van der Waals surface area (Å²) in [5.74, 6) is 0. The Morgan fingerprint density at radius 2 is 2.35 bits per heavy atom. The van der Waals surface area contributed by atoms with Gasteiger partial charge in [0, 0.05) is 35.7 Å². The van der Waals surface area contributed by atoms with Gasteiger partial charge in [0.15, 0.2) is 0 Å². The van der Waals surface area contributed by atoms with Gasteiger partial charge in [-0.25, -0.2) is 4.98 Å². The highest BCUT2D eigenvalue weighted by Crippen LogP contribution is 2.42. The Bertz CT molecular complexity index is 375. The summed E-state index contributed by atoms with van der Waals surface area (Å²) < 4.78 is 5.73. The van der Waals surface area contributed by atoms with Gasteiger partial charge >= 0.3 is 0 Å². The van der Waals surface area contributed by atoms with Crippen LogP contribution in [0.2, 0.25) is 0 Å². The molecule has 96 valence electrons. The average molecular weight is 254 g/mol. The number of ether oxygens (including phenoxy) is 1. The molecule has 17 heavy (non-hydrogen) atoms. The van der Waals surface area contributed by atoms with Crippen LogP contribution in [0.5, 0.6) is 0 Å². The number of hydrogen-bond acceptors (Lipinski definition) is 4. The number of hydrogen-bond donors (Lipinski definition) is 1. The molecule has 0 radical (unpaired) electrons. The molecule has 1 aliphatic carbocycles. The SMILES string of the molecule is CCOC1CC(NCc2ncc(C)s2)C1(C)C. The van der Waals surface area contributed by atoms with Gasteiger partial charge in [0.2, 0.25) is 0 Å². The Balaban J connectivity index is 1.82. The van der Waals surface area contributed by atoms with Crippen LogP contribution in [-0.4, -0.2) is 23.7 Å². The van der Waals surface area contributed by atoms with Crippen molar-refractivity contribution in [3.8, 4) is 0 Å². The topological polar surface area (TPSA) is 34.1 Å². The van der Waals surface area contributed by atoms with Crippen LogP contribution in [0.3, 0.4) is 0 Å². The van der Waals surface area contributed by atoms with Gasteiger partial charge in [-0.05, 0) is 20.3 Å². The van der Waals surface area contributed by atoms with E-state index in [1.807, 2.05) is 6.20 Å². The number of nitrogens with one attached hydrogen (secondary N) is 1. The summed E-state index contributed by atoms with van der Waals surface area (Å²) in [4.78, 5) is 5.65. The first-order valence-corrected chi connectivity index (χ1v) is 7.12. The first kappa shape index (κ1) is 13.0. The third-order valence-corrected chi connectivity index (χ3v) is 4.63. The van der Waals surface area contributed by atoms with Crippen LogP contribution >= 0.6 is 11.3 Å². The maximum Gasteiger partial charge on any atom is 0.107 e. The number of rotatable bonds is 5. The molecule has 1 saturated carbocycles. The van der Waals surface area contributed by atoms with E-state index in [0.717, 1.165) is 19.6 Å². The number of aromatic nitrogens is 1. The van der Waals surface area contributed by atoms with E-state index in [1.54, 1.807) is 11.3 Å². The molecule has 0 saturated heterocycles. The Kier molecular flexibility index (Phi) is 3.85. The summed E-state index contributed by atoms with van der Waals surface area (Å²) in [6.07, 6.45) is 3.46. The van der Waals surface area contributed by atoms with E-state index in [2.05, 4.69) is 38.0 Å². The van der Waals surface area contributed by atoms with Gasteiger partial charge < -0.3 is 10.1 Å². The molecule has 0 spiro atoms. The van der Waals surface area contributed by atoms with E-state index >= 15 is 0 Å². The van der Waals surface area contributed by atoms with E-state index < -0.39 is 0 Å². The second kappa shape index (κ2) is 5.04.